The molecule has 0 spiro atoms. The third-order valence-corrected chi connectivity index (χ3v) is 5.68. The fourth-order valence-electron chi connectivity index (χ4n) is 3.32. The molecule has 0 aromatic carbocycles. The average Bonchev–Trinajstić information content (AvgIpc) is 3.19. The van der Waals surface area contributed by atoms with Crippen LogP contribution in [0.1, 0.15) is 45.4 Å². The number of nitrogens with two attached hydrogens (primary N) is 2. The summed E-state index contributed by atoms with van der Waals surface area (Å²) in [6, 6.07) is -3.34. The molecular formula is C19H35N5O5S. The number of thioether (sulfide) groups is 1. The van der Waals surface area contributed by atoms with Crippen LogP contribution < -0.4 is 22.1 Å². The lowest BCUT2D eigenvalue weighted by molar-refractivity contribution is -0.149. The molecule has 0 bridgehead atoms. The van der Waals surface area contributed by atoms with Crippen LogP contribution in [0.2, 0.25) is 0 Å². The summed E-state index contributed by atoms with van der Waals surface area (Å²) in [6.45, 7) is 2.32. The molecule has 1 saturated heterocycles. The Morgan fingerprint density at radius 1 is 1.13 bits per heavy atom. The first-order valence-corrected chi connectivity index (χ1v) is 11.7. The van der Waals surface area contributed by atoms with Gasteiger partial charge in [0.05, 0.1) is 6.04 Å². The van der Waals surface area contributed by atoms with Crippen molar-refractivity contribution >= 4 is 35.5 Å². The van der Waals surface area contributed by atoms with Gasteiger partial charge in [0, 0.05) is 6.54 Å². The van der Waals surface area contributed by atoms with Crippen LogP contribution in [-0.4, -0.2) is 83.0 Å². The van der Waals surface area contributed by atoms with Gasteiger partial charge in [0.1, 0.15) is 18.1 Å². The van der Waals surface area contributed by atoms with Gasteiger partial charge in [-0.2, -0.15) is 11.8 Å². The number of nitrogens with one attached hydrogen (secondary N) is 2. The molecule has 3 amide bonds. The molecule has 10 nitrogen and oxygen atoms in total. The number of amides is 3. The van der Waals surface area contributed by atoms with Gasteiger partial charge in [-0.1, -0.05) is 0 Å². The monoisotopic (exact) mass is 445 g/mol. The summed E-state index contributed by atoms with van der Waals surface area (Å²) in [4.78, 5) is 50.8. The van der Waals surface area contributed by atoms with Crippen LogP contribution in [-0.2, 0) is 19.2 Å². The van der Waals surface area contributed by atoms with E-state index in [2.05, 4.69) is 10.6 Å². The predicted molar refractivity (Wildman–Crippen MR) is 116 cm³/mol. The maximum Gasteiger partial charge on any atom is 0.326 e. The lowest BCUT2D eigenvalue weighted by atomic mass is 10.1. The molecule has 11 heteroatoms. The van der Waals surface area contributed by atoms with Crippen LogP contribution in [0.25, 0.3) is 0 Å². The van der Waals surface area contributed by atoms with E-state index in [9.17, 15) is 24.3 Å². The molecule has 1 aliphatic heterocycles. The Morgan fingerprint density at radius 2 is 1.80 bits per heavy atom. The number of likely N-dealkylation sites (tertiary alicyclic amines) is 1. The van der Waals surface area contributed by atoms with Crippen molar-refractivity contribution in [2.24, 2.45) is 11.5 Å². The zero-order chi connectivity index (χ0) is 22.7. The van der Waals surface area contributed by atoms with E-state index < -0.39 is 47.9 Å². The van der Waals surface area contributed by atoms with Crippen molar-refractivity contribution in [2.75, 3.05) is 25.1 Å². The van der Waals surface area contributed by atoms with Crippen molar-refractivity contribution in [1.82, 2.24) is 15.5 Å². The molecule has 4 atom stereocenters. The quantitative estimate of drug-likeness (QED) is 0.231. The van der Waals surface area contributed by atoms with Gasteiger partial charge in [0.2, 0.25) is 17.7 Å². The highest BCUT2D eigenvalue weighted by Gasteiger charge is 2.38. The Bertz CT molecular complexity index is 604. The molecular weight excluding hydrogens is 410 g/mol. The Kier molecular flexibility index (Phi) is 11.7. The van der Waals surface area contributed by atoms with Gasteiger partial charge in [0.25, 0.3) is 0 Å². The second kappa shape index (κ2) is 13.5. The van der Waals surface area contributed by atoms with Crippen molar-refractivity contribution in [1.29, 1.82) is 0 Å². The molecule has 0 aromatic rings. The summed E-state index contributed by atoms with van der Waals surface area (Å²) in [5, 5.41) is 14.8. The zero-order valence-electron chi connectivity index (χ0n) is 17.8. The predicted octanol–water partition coefficient (Wildman–Crippen LogP) is -0.739. The van der Waals surface area contributed by atoms with Crippen molar-refractivity contribution in [2.45, 2.75) is 69.6 Å². The number of carboxylic acids is 1. The highest BCUT2D eigenvalue weighted by atomic mass is 32.2. The molecule has 0 radical (unpaired) electrons. The second-order valence-electron chi connectivity index (χ2n) is 7.50. The number of rotatable bonds is 13. The van der Waals surface area contributed by atoms with Gasteiger partial charge in [-0.05, 0) is 64.0 Å². The summed E-state index contributed by atoms with van der Waals surface area (Å²) in [7, 11) is 0. The van der Waals surface area contributed by atoms with Crippen molar-refractivity contribution in [3.05, 3.63) is 0 Å². The number of unbranched alkanes of at least 4 members (excludes halogenated alkanes) is 1. The molecule has 0 saturated carbocycles. The number of nitrogens with zero attached hydrogens (tertiary/aromatic N) is 1. The Balaban J connectivity index is 2.93. The Hall–Kier alpha value is -1.85. The lowest BCUT2D eigenvalue weighted by Gasteiger charge is -2.29. The first-order chi connectivity index (χ1) is 14.2. The fourth-order valence-corrected chi connectivity index (χ4v) is 3.79. The maximum absolute atomic E-state index is 13.1. The summed E-state index contributed by atoms with van der Waals surface area (Å²) in [6.07, 6.45) is 4.91. The maximum atomic E-state index is 13.1. The normalized spacial score (nSPS) is 19.1. The van der Waals surface area contributed by atoms with E-state index in [4.69, 9.17) is 11.5 Å². The van der Waals surface area contributed by atoms with Crippen LogP contribution in [0.3, 0.4) is 0 Å². The van der Waals surface area contributed by atoms with E-state index in [1.807, 2.05) is 6.26 Å². The molecule has 1 fully saturated rings. The van der Waals surface area contributed by atoms with E-state index in [0.29, 0.717) is 57.4 Å². The Morgan fingerprint density at radius 3 is 2.37 bits per heavy atom. The van der Waals surface area contributed by atoms with Crippen LogP contribution in [0.15, 0.2) is 0 Å². The highest BCUT2D eigenvalue weighted by molar-refractivity contribution is 7.98. The van der Waals surface area contributed by atoms with Gasteiger partial charge < -0.3 is 32.1 Å². The molecule has 1 aliphatic rings. The van der Waals surface area contributed by atoms with E-state index in [-0.39, 0.29) is 0 Å². The van der Waals surface area contributed by atoms with Crippen LogP contribution in [0, 0.1) is 0 Å². The highest BCUT2D eigenvalue weighted by Crippen LogP contribution is 2.20. The number of hydrogen-bond donors (Lipinski definition) is 5. The van der Waals surface area contributed by atoms with E-state index in [1.165, 1.54) is 23.6 Å². The number of carbonyl (C=O) groups is 4. The number of hydrogen-bond acceptors (Lipinski definition) is 7. The summed E-state index contributed by atoms with van der Waals surface area (Å²) in [5.74, 6) is -1.75. The zero-order valence-corrected chi connectivity index (χ0v) is 18.6. The Labute approximate surface area is 181 Å². The van der Waals surface area contributed by atoms with E-state index in [0.717, 1.165) is 0 Å². The largest absolute Gasteiger partial charge is 0.480 e. The minimum atomic E-state index is -1.05. The molecule has 1 rings (SSSR count). The van der Waals surface area contributed by atoms with Crippen molar-refractivity contribution in [3.63, 3.8) is 0 Å². The van der Waals surface area contributed by atoms with Crippen LogP contribution in [0.5, 0.6) is 0 Å². The van der Waals surface area contributed by atoms with E-state index in [1.54, 1.807) is 0 Å². The molecule has 172 valence electrons. The van der Waals surface area contributed by atoms with Gasteiger partial charge in [-0.3, -0.25) is 14.4 Å². The van der Waals surface area contributed by atoms with Crippen LogP contribution in [0.4, 0.5) is 0 Å². The second-order valence-corrected chi connectivity index (χ2v) is 8.49. The number of carboxylic acid groups (broad SMARTS) is 1. The smallest absolute Gasteiger partial charge is 0.326 e. The van der Waals surface area contributed by atoms with Gasteiger partial charge in [0.15, 0.2) is 0 Å². The number of carbonyl (C=O) groups excluding carboxylic acids is 3. The van der Waals surface area contributed by atoms with Gasteiger partial charge >= 0.3 is 5.97 Å². The molecule has 0 aromatic heterocycles. The molecule has 0 aliphatic carbocycles. The van der Waals surface area contributed by atoms with Crippen molar-refractivity contribution < 1.29 is 24.3 Å². The lowest BCUT2D eigenvalue weighted by Crippen LogP contribution is -2.57. The standard InChI is InChI=1S/C19H35N5O5S/c1-12(21)16(25)22-13(8-11-30-2)17(26)23-14(6-3-4-9-20)18(27)24-10-5-7-15(24)19(28)29/h12-15H,3-11,20-21H2,1-2H3,(H,22,25)(H,23,26)(H,28,29). The first kappa shape index (κ1) is 26.2. The van der Waals surface area contributed by atoms with Crippen molar-refractivity contribution in [3.8, 4) is 0 Å². The molecule has 30 heavy (non-hydrogen) atoms. The van der Waals surface area contributed by atoms with Gasteiger partial charge in [-0.15, -0.1) is 0 Å². The third kappa shape index (κ3) is 8.11. The minimum Gasteiger partial charge on any atom is -0.480 e. The average molecular weight is 446 g/mol. The molecule has 1 heterocycles. The van der Waals surface area contributed by atoms with Gasteiger partial charge in [-0.25, -0.2) is 4.79 Å². The summed E-state index contributed by atoms with van der Waals surface area (Å²) in [5.41, 5.74) is 11.1. The minimum absolute atomic E-state index is 0.344. The summed E-state index contributed by atoms with van der Waals surface area (Å²) >= 11 is 1.53. The SMILES string of the molecule is CSCCC(NC(=O)C(C)N)C(=O)NC(CCCCN)C(=O)N1CCCC1C(=O)O. The first-order valence-electron chi connectivity index (χ1n) is 10.3. The van der Waals surface area contributed by atoms with E-state index >= 15 is 0 Å². The third-order valence-electron chi connectivity index (χ3n) is 5.04. The molecule has 4 unspecified atom stereocenters. The fraction of sp³-hybridized carbons (Fsp3) is 0.789. The van der Waals surface area contributed by atoms with Crippen LogP contribution >= 0.6 is 11.8 Å². The molecule has 7 N–H and O–H groups in total. The topological polar surface area (TPSA) is 168 Å². The number of aliphatic carboxylic acids is 1. The summed E-state index contributed by atoms with van der Waals surface area (Å²) < 4.78 is 0.